The molecule has 0 aromatic carbocycles. The number of aromatic nitrogens is 2. The molecular formula is C5H6ClN3O2S. The zero-order chi connectivity index (χ0) is 9.35. The van der Waals surface area contributed by atoms with E-state index in [1.165, 1.54) is 0 Å². The van der Waals surface area contributed by atoms with E-state index in [2.05, 4.69) is 9.97 Å². The Labute approximate surface area is 74.5 Å². The number of halogens is 1. The predicted octanol–water partition coefficient (Wildman–Crippen LogP) is 0.116. The first kappa shape index (κ1) is 9.21. The number of nitrogens with two attached hydrogens (primary N) is 1. The van der Waals surface area contributed by atoms with Crippen LogP contribution in [-0.2, 0) is 9.84 Å². The summed E-state index contributed by atoms with van der Waals surface area (Å²) in [6.45, 7) is 0. The molecule has 0 bridgehead atoms. The molecule has 66 valence electrons. The van der Waals surface area contributed by atoms with Crippen molar-refractivity contribution in [2.75, 3.05) is 12.0 Å². The van der Waals surface area contributed by atoms with Gasteiger partial charge in [-0.05, 0) is 0 Å². The van der Waals surface area contributed by atoms with Crippen molar-refractivity contribution >= 4 is 27.4 Å². The van der Waals surface area contributed by atoms with Crippen LogP contribution in [0.15, 0.2) is 11.1 Å². The van der Waals surface area contributed by atoms with Crippen molar-refractivity contribution in [3.05, 3.63) is 11.2 Å². The van der Waals surface area contributed by atoms with Gasteiger partial charge < -0.3 is 5.73 Å². The van der Waals surface area contributed by atoms with Crippen LogP contribution < -0.4 is 5.73 Å². The smallest absolute Gasteiger partial charge is 0.222 e. The summed E-state index contributed by atoms with van der Waals surface area (Å²) in [5.41, 5.74) is 5.18. The number of rotatable bonds is 1. The van der Waals surface area contributed by atoms with Crippen molar-refractivity contribution in [1.29, 1.82) is 0 Å². The van der Waals surface area contributed by atoms with E-state index in [9.17, 15) is 8.42 Å². The molecular weight excluding hydrogens is 202 g/mol. The lowest BCUT2D eigenvalue weighted by Gasteiger charge is -1.98. The van der Waals surface area contributed by atoms with E-state index in [0.717, 1.165) is 12.3 Å². The zero-order valence-corrected chi connectivity index (χ0v) is 7.72. The van der Waals surface area contributed by atoms with Gasteiger partial charge in [0.2, 0.25) is 5.95 Å². The van der Waals surface area contributed by atoms with Crippen molar-refractivity contribution < 1.29 is 8.42 Å². The van der Waals surface area contributed by atoms with Crippen molar-refractivity contribution in [3.8, 4) is 0 Å². The van der Waals surface area contributed by atoms with Crippen LogP contribution in [0.5, 0.6) is 0 Å². The molecule has 0 radical (unpaired) electrons. The Morgan fingerprint density at radius 3 is 2.50 bits per heavy atom. The van der Waals surface area contributed by atoms with E-state index < -0.39 is 9.84 Å². The molecule has 2 N–H and O–H groups in total. The summed E-state index contributed by atoms with van der Waals surface area (Å²) in [5.74, 6) is -0.150. The van der Waals surface area contributed by atoms with E-state index in [1.807, 2.05) is 0 Å². The van der Waals surface area contributed by atoms with Crippen LogP contribution in [-0.4, -0.2) is 24.6 Å². The highest BCUT2D eigenvalue weighted by molar-refractivity contribution is 7.90. The van der Waals surface area contributed by atoms with Crippen LogP contribution >= 0.6 is 11.6 Å². The Balaban J connectivity index is 3.37. The van der Waals surface area contributed by atoms with Crippen LogP contribution in [0.1, 0.15) is 0 Å². The van der Waals surface area contributed by atoms with Gasteiger partial charge in [0.25, 0.3) is 0 Å². The third-order valence-electron chi connectivity index (χ3n) is 1.07. The molecule has 0 amide bonds. The second-order valence-corrected chi connectivity index (χ2v) is 4.51. The Kier molecular flexibility index (Phi) is 2.20. The predicted molar refractivity (Wildman–Crippen MR) is 44.6 cm³/mol. The SMILES string of the molecule is CS(=O)(=O)c1cc(Cl)nc(N)n1. The first-order chi connectivity index (χ1) is 5.39. The lowest BCUT2D eigenvalue weighted by molar-refractivity contribution is 0.598. The fourth-order valence-electron chi connectivity index (χ4n) is 0.604. The fraction of sp³-hybridized carbons (Fsp3) is 0.200. The van der Waals surface area contributed by atoms with Crippen LogP contribution in [0.4, 0.5) is 5.95 Å². The highest BCUT2D eigenvalue weighted by Gasteiger charge is 2.10. The first-order valence-corrected chi connectivity index (χ1v) is 5.16. The summed E-state index contributed by atoms with van der Waals surface area (Å²) in [6, 6.07) is 1.15. The number of nitrogens with zero attached hydrogens (tertiary/aromatic N) is 2. The minimum absolute atomic E-state index is 0.0166. The van der Waals surface area contributed by atoms with Gasteiger partial charge in [0, 0.05) is 12.3 Å². The molecule has 1 rings (SSSR count). The van der Waals surface area contributed by atoms with Gasteiger partial charge in [0.15, 0.2) is 14.9 Å². The molecule has 7 heteroatoms. The van der Waals surface area contributed by atoms with Crippen LogP contribution in [0.2, 0.25) is 5.15 Å². The summed E-state index contributed by atoms with van der Waals surface area (Å²) < 4.78 is 21.9. The molecule has 1 heterocycles. The monoisotopic (exact) mass is 207 g/mol. The van der Waals surface area contributed by atoms with Gasteiger partial charge >= 0.3 is 0 Å². The quantitative estimate of drug-likeness (QED) is 0.661. The van der Waals surface area contributed by atoms with Crippen molar-refractivity contribution in [2.45, 2.75) is 5.03 Å². The highest BCUT2D eigenvalue weighted by Crippen LogP contribution is 2.12. The summed E-state index contributed by atoms with van der Waals surface area (Å²) in [6.07, 6.45) is 1.02. The molecule has 0 atom stereocenters. The Morgan fingerprint density at radius 2 is 2.08 bits per heavy atom. The maximum absolute atomic E-state index is 10.9. The minimum atomic E-state index is -3.36. The topological polar surface area (TPSA) is 85.9 Å². The number of hydrogen-bond acceptors (Lipinski definition) is 5. The molecule has 0 aliphatic heterocycles. The molecule has 0 saturated carbocycles. The van der Waals surface area contributed by atoms with Gasteiger partial charge in [-0.25, -0.2) is 18.4 Å². The molecule has 0 aliphatic rings. The molecule has 1 aromatic heterocycles. The zero-order valence-electron chi connectivity index (χ0n) is 6.15. The van der Waals surface area contributed by atoms with Crippen molar-refractivity contribution in [1.82, 2.24) is 9.97 Å². The fourth-order valence-corrected chi connectivity index (χ4v) is 1.44. The lowest BCUT2D eigenvalue weighted by Crippen LogP contribution is -2.04. The van der Waals surface area contributed by atoms with E-state index in [-0.39, 0.29) is 16.1 Å². The normalized spacial score (nSPS) is 11.5. The second-order valence-electron chi connectivity index (χ2n) is 2.16. The highest BCUT2D eigenvalue weighted by atomic mass is 35.5. The number of hydrogen-bond donors (Lipinski definition) is 1. The van der Waals surface area contributed by atoms with E-state index in [0.29, 0.717) is 0 Å². The molecule has 0 spiro atoms. The standard InChI is InChI=1S/C5H6ClN3O2S/c1-12(10,11)4-2-3(6)8-5(7)9-4/h2H,1H3,(H2,7,8,9). The molecule has 0 unspecified atom stereocenters. The number of nitrogen functional groups attached to an aromatic ring is 1. The Morgan fingerprint density at radius 1 is 1.50 bits per heavy atom. The molecule has 0 saturated heterocycles. The molecule has 0 aliphatic carbocycles. The summed E-state index contributed by atoms with van der Waals surface area (Å²) >= 11 is 5.46. The average molecular weight is 208 g/mol. The van der Waals surface area contributed by atoms with Gasteiger partial charge in [0.05, 0.1) is 0 Å². The van der Waals surface area contributed by atoms with Gasteiger partial charge in [-0.2, -0.15) is 0 Å². The molecule has 1 aromatic rings. The van der Waals surface area contributed by atoms with Gasteiger partial charge in [0.1, 0.15) is 5.15 Å². The number of anilines is 1. The van der Waals surface area contributed by atoms with Crippen LogP contribution in [0, 0.1) is 0 Å². The molecule has 12 heavy (non-hydrogen) atoms. The van der Waals surface area contributed by atoms with Gasteiger partial charge in [-0.15, -0.1) is 0 Å². The van der Waals surface area contributed by atoms with E-state index >= 15 is 0 Å². The molecule has 5 nitrogen and oxygen atoms in total. The van der Waals surface area contributed by atoms with Gasteiger partial charge in [-0.3, -0.25) is 0 Å². The Hall–Kier alpha value is -0.880. The van der Waals surface area contributed by atoms with E-state index in [1.54, 1.807) is 0 Å². The van der Waals surface area contributed by atoms with Crippen LogP contribution in [0.3, 0.4) is 0 Å². The largest absolute Gasteiger partial charge is 0.368 e. The minimum Gasteiger partial charge on any atom is -0.368 e. The summed E-state index contributed by atoms with van der Waals surface area (Å²) in [7, 11) is -3.36. The summed E-state index contributed by atoms with van der Waals surface area (Å²) in [5, 5.41) is -0.150. The van der Waals surface area contributed by atoms with E-state index in [4.69, 9.17) is 17.3 Å². The first-order valence-electron chi connectivity index (χ1n) is 2.90. The second kappa shape index (κ2) is 2.87. The van der Waals surface area contributed by atoms with Crippen molar-refractivity contribution in [3.63, 3.8) is 0 Å². The van der Waals surface area contributed by atoms with Gasteiger partial charge in [-0.1, -0.05) is 11.6 Å². The summed E-state index contributed by atoms with van der Waals surface area (Å²) in [4.78, 5) is 7.01. The lowest BCUT2D eigenvalue weighted by atomic mass is 10.7. The van der Waals surface area contributed by atoms with Crippen LogP contribution in [0.25, 0.3) is 0 Å². The average Bonchev–Trinajstić information content (AvgIpc) is 1.82. The third kappa shape index (κ3) is 2.05. The third-order valence-corrected chi connectivity index (χ3v) is 2.23. The van der Waals surface area contributed by atoms with Crippen molar-refractivity contribution in [2.24, 2.45) is 0 Å². The number of sulfone groups is 1. The maximum atomic E-state index is 10.9. The molecule has 0 fully saturated rings. The Bertz CT molecular complexity index is 383. The maximum Gasteiger partial charge on any atom is 0.222 e.